The summed E-state index contributed by atoms with van der Waals surface area (Å²) in [6.07, 6.45) is 1.25. The number of halogens is 2. The topological polar surface area (TPSA) is 3.24 Å². The normalized spacial score (nSPS) is 6.75. The molecule has 0 aromatic carbocycles. The highest BCUT2D eigenvalue weighted by Crippen LogP contribution is 1.71. The first-order valence-electron chi connectivity index (χ1n) is 2.48. The van der Waals surface area contributed by atoms with E-state index in [0.717, 1.165) is 0 Å². The quantitative estimate of drug-likeness (QED) is 0.492. The molecule has 0 aromatic heterocycles. The molecule has 3 heteroatoms. The Balaban J connectivity index is -0.0000000575. The number of nitrogens with zero attached hydrogens (tertiary/aromatic N) is 1. The molecule has 0 radical (unpaired) electrons. The predicted molar refractivity (Wildman–Crippen MR) is 42.8 cm³/mol. The van der Waals surface area contributed by atoms with Crippen molar-refractivity contribution in [1.82, 2.24) is 4.42 Å². The molecule has 0 bridgehead atoms. The minimum atomic E-state index is 0. The van der Waals surface area contributed by atoms with Crippen LogP contribution in [0.25, 0.3) is 0 Å². The summed E-state index contributed by atoms with van der Waals surface area (Å²) in [5.74, 6) is 0. The van der Waals surface area contributed by atoms with Gasteiger partial charge in [0.2, 0.25) is 0 Å². The molecule has 1 nitrogen and oxygen atoms in total. The third-order valence-electron chi connectivity index (χ3n) is 0. The Labute approximate surface area is 63.5 Å². The van der Waals surface area contributed by atoms with Crippen molar-refractivity contribution in [2.45, 2.75) is 20.3 Å². The van der Waals surface area contributed by atoms with E-state index in [9.17, 15) is 0 Å². The van der Waals surface area contributed by atoms with Gasteiger partial charge < -0.3 is 0 Å². The Morgan fingerprint density at radius 2 is 1.25 bits per heavy atom. The molecule has 0 spiro atoms. The van der Waals surface area contributed by atoms with Gasteiger partial charge in [-0.3, -0.25) is 0 Å². The van der Waals surface area contributed by atoms with Crippen molar-refractivity contribution in [3.63, 3.8) is 0 Å². The monoisotopic (exact) mass is 159 g/mol. The molecule has 0 fully saturated rings. The fraction of sp³-hybridized carbons (Fsp3) is 1.00. The van der Waals surface area contributed by atoms with Crippen LogP contribution in [0.5, 0.6) is 0 Å². The first kappa shape index (κ1) is 15.8. The molecule has 0 saturated heterocycles. The van der Waals surface area contributed by atoms with Crippen LogP contribution in [0.2, 0.25) is 0 Å². The van der Waals surface area contributed by atoms with Crippen molar-refractivity contribution in [3.05, 3.63) is 0 Å². The Morgan fingerprint density at radius 1 is 1.25 bits per heavy atom. The molecule has 0 rings (SSSR count). The average molecular weight is 160 g/mol. The first-order valence-corrected chi connectivity index (χ1v) is 2.82. The summed E-state index contributed by atoms with van der Waals surface area (Å²) in [7, 11) is 3.53. The molecule has 54 valence electrons. The molecular formula is C5H15Cl2N. The molecule has 0 N–H and O–H groups in total. The van der Waals surface area contributed by atoms with Crippen molar-refractivity contribution < 1.29 is 0 Å². The Bertz CT molecular complexity index is 21.6. The fourth-order valence-corrected chi connectivity index (χ4v) is 0. The number of hydrogen-bond donors (Lipinski definition) is 0. The minimum Gasteiger partial charge on any atom is -0.226 e. The van der Waals surface area contributed by atoms with Gasteiger partial charge in [-0.1, -0.05) is 20.3 Å². The second-order valence-corrected chi connectivity index (χ2v) is 2.17. The van der Waals surface area contributed by atoms with E-state index in [-0.39, 0.29) is 12.4 Å². The average Bonchev–Trinajstić information content (AvgIpc) is 1.33. The van der Waals surface area contributed by atoms with E-state index in [1.807, 2.05) is 0 Å². The van der Waals surface area contributed by atoms with Crippen LogP contribution >= 0.6 is 24.2 Å². The van der Waals surface area contributed by atoms with E-state index in [1.165, 1.54) is 10.8 Å². The molecule has 8 heavy (non-hydrogen) atoms. The van der Waals surface area contributed by atoms with Crippen LogP contribution in [0.3, 0.4) is 0 Å². The SMILES string of the molecule is CCC.CN(C)Cl.Cl. The maximum atomic E-state index is 5.11. The summed E-state index contributed by atoms with van der Waals surface area (Å²) in [6.45, 7) is 4.25. The summed E-state index contributed by atoms with van der Waals surface area (Å²) in [5.41, 5.74) is 0. The van der Waals surface area contributed by atoms with E-state index in [4.69, 9.17) is 11.8 Å². The maximum absolute atomic E-state index is 5.11. The molecule has 0 aliphatic rings. The van der Waals surface area contributed by atoms with Crippen LogP contribution in [-0.2, 0) is 0 Å². The van der Waals surface area contributed by atoms with Crippen LogP contribution < -0.4 is 0 Å². The van der Waals surface area contributed by atoms with E-state index in [2.05, 4.69) is 13.8 Å². The van der Waals surface area contributed by atoms with Crippen molar-refractivity contribution in [2.24, 2.45) is 0 Å². The smallest absolute Gasteiger partial charge is 0.00209 e. The van der Waals surface area contributed by atoms with E-state index >= 15 is 0 Å². The zero-order valence-corrected chi connectivity index (χ0v) is 7.51. The summed E-state index contributed by atoms with van der Waals surface area (Å²) >= 11 is 5.11. The van der Waals surface area contributed by atoms with E-state index < -0.39 is 0 Å². The standard InChI is InChI=1S/C3H8.C2H6ClN.ClH/c1-3-2;1-4(2)3;/h3H2,1-2H3;1-2H3;1H. The van der Waals surface area contributed by atoms with Crippen molar-refractivity contribution in [1.29, 1.82) is 0 Å². The molecule has 0 aliphatic carbocycles. The fourth-order valence-electron chi connectivity index (χ4n) is 0. The van der Waals surface area contributed by atoms with Gasteiger partial charge in [-0.05, 0) is 11.8 Å². The molecule has 0 aliphatic heterocycles. The first-order chi connectivity index (χ1) is 3.15. The van der Waals surface area contributed by atoms with Gasteiger partial charge in [-0.2, -0.15) is 0 Å². The van der Waals surface area contributed by atoms with Gasteiger partial charge in [0.25, 0.3) is 0 Å². The zero-order chi connectivity index (χ0) is 6.28. The maximum Gasteiger partial charge on any atom is 0.00209 e. The highest BCUT2D eigenvalue weighted by atomic mass is 35.5. The van der Waals surface area contributed by atoms with Gasteiger partial charge in [-0.15, -0.1) is 12.4 Å². The van der Waals surface area contributed by atoms with Crippen molar-refractivity contribution >= 4 is 24.2 Å². The molecular weight excluding hydrogens is 145 g/mol. The predicted octanol–water partition coefficient (Wildman–Crippen LogP) is 2.54. The zero-order valence-electron chi connectivity index (χ0n) is 5.94. The molecule has 0 saturated carbocycles. The van der Waals surface area contributed by atoms with E-state index in [1.54, 1.807) is 14.1 Å². The highest BCUT2D eigenvalue weighted by Gasteiger charge is 1.62. The van der Waals surface area contributed by atoms with Gasteiger partial charge in [0, 0.05) is 14.1 Å². The molecule has 0 amide bonds. The molecule has 0 heterocycles. The van der Waals surface area contributed by atoms with Crippen LogP contribution in [0.4, 0.5) is 0 Å². The Hall–Kier alpha value is 0.540. The van der Waals surface area contributed by atoms with Crippen molar-refractivity contribution in [2.75, 3.05) is 14.1 Å². The summed E-state index contributed by atoms with van der Waals surface area (Å²) in [4.78, 5) is 0. The third kappa shape index (κ3) is 688. The molecule has 0 aromatic rings. The van der Waals surface area contributed by atoms with Crippen molar-refractivity contribution in [3.8, 4) is 0 Å². The van der Waals surface area contributed by atoms with Gasteiger partial charge in [0.1, 0.15) is 0 Å². The second kappa shape index (κ2) is 15.6. The van der Waals surface area contributed by atoms with Gasteiger partial charge in [0.05, 0.1) is 0 Å². The number of hydrogen-bond acceptors (Lipinski definition) is 1. The van der Waals surface area contributed by atoms with E-state index in [0.29, 0.717) is 0 Å². The lowest BCUT2D eigenvalue weighted by Gasteiger charge is -1.85. The van der Waals surface area contributed by atoms with Gasteiger partial charge >= 0.3 is 0 Å². The lowest BCUT2D eigenvalue weighted by Crippen LogP contribution is -1.89. The van der Waals surface area contributed by atoms with Crippen LogP contribution in [0, 0.1) is 0 Å². The van der Waals surface area contributed by atoms with Crippen LogP contribution in [0.1, 0.15) is 20.3 Å². The summed E-state index contributed by atoms with van der Waals surface area (Å²) < 4.78 is 1.47. The Kier molecular flexibility index (Phi) is 30.9. The lowest BCUT2D eigenvalue weighted by atomic mass is 10.6. The van der Waals surface area contributed by atoms with Gasteiger partial charge in [0.15, 0.2) is 0 Å². The summed E-state index contributed by atoms with van der Waals surface area (Å²) in [6, 6.07) is 0. The summed E-state index contributed by atoms with van der Waals surface area (Å²) in [5, 5.41) is 0. The molecule has 0 atom stereocenters. The lowest BCUT2D eigenvalue weighted by molar-refractivity contribution is 0.681. The Morgan fingerprint density at radius 3 is 1.25 bits per heavy atom. The number of rotatable bonds is 0. The second-order valence-electron chi connectivity index (χ2n) is 1.49. The minimum absolute atomic E-state index is 0. The highest BCUT2D eigenvalue weighted by molar-refractivity contribution is 6.12. The van der Waals surface area contributed by atoms with Gasteiger partial charge in [-0.25, -0.2) is 4.42 Å². The molecule has 0 unspecified atom stereocenters. The largest absolute Gasteiger partial charge is 0.226 e. The van der Waals surface area contributed by atoms with Crippen LogP contribution in [0.15, 0.2) is 0 Å². The van der Waals surface area contributed by atoms with Crippen LogP contribution in [-0.4, -0.2) is 18.5 Å². The third-order valence-corrected chi connectivity index (χ3v) is 0.